The number of fused-ring (bicyclic) bond motifs is 1. The van der Waals surface area contributed by atoms with Gasteiger partial charge in [-0.15, -0.1) is 11.3 Å². The van der Waals surface area contributed by atoms with Crippen LogP contribution in [0, 0.1) is 5.82 Å². The highest BCUT2D eigenvalue weighted by Gasteiger charge is 2.35. The zero-order chi connectivity index (χ0) is 24.4. The second-order valence-corrected chi connectivity index (χ2v) is 9.87. The van der Waals surface area contributed by atoms with E-state index in [0.29, 0.717) is 30.3 Å². The predicted octanol–water partition coefficient (Wildman–Crippen LogP) is 5.49. The third-order valence-electron chi connectivity index (χ3n) is 5.81. The number of benzene rings is 2. The molecule has 5 rings (SSSR count). The fourth-order valence-electron chi connectivity index (χ4n) is 3.85. The Kier molecular flexibility index (Phi) is 6.79. The first-order chi connectivity index (χ1) is 17.0. The van der Waals surface area contributed by atoms with Gasteiger partial charge in [-0.05, 0) is 60.2 Å². The molecule has 3 amide bonds. The number of urea groups is 1. The van der Waals surface area contributed by atoms with E-state index in [1.54, 1.807) is 21.1 Å². The number of nitrogens with one attached hydrogen (secondary N) is 1. The maximum atomic E-state index is 13.5. The molecule has 1 N–H and O–H groups in total. The summed E-state index contributed by atoms with van der Waals surface area (Å²) in [5.74, 6) is 0.604. The fraction of sp³-hybridized carbons (Fsp3) is 0.280. The van der Waals surface area contributed by atoms with Crippen molar-refractivity contribution in [3.05, 3.63) is 75.2 Å². The molecule has 0 atom stereocenters. The van der Waals surface area contributed by atoms with Crippen molar-refractivity contribution >= 4 is 40.6 Å². The van der Waals surface area contributed by atoms with E-state index in [1.807, 2.05) is 35.7 Å². The summed E-state index contributed by atoms with van der Waals surface area (Å²) in [7, 11) is 0. The minimum absolute atomic E-state index is 0.0102. The lowest BCUT2D eigenvalue weighted by molar-refractivity contribution is -0.133. The second-order valence-electron chi connectivity index (χ2n) is 8.43. The average Bonchev–Trinajstić information content (AvgIpc) is 3.34. The quantitative estimate of drug-likeness (QED) is 0.430. The molecule has 3 aromatic rings. The zero-order valence-electron chi connectivity index (χ0n) is 18.7. The lowest BCUT2D eigenvalue weighted by atomic mass is 10.2. The summed E-state index contributed by atoms with van der Waals surface area (Å²) in [5, 5.41) is 4.62. The van der Waals surface area contributed by atoms with E-state index in [9.17, 15) is 14.0 Å². The molecule has 1 aliphatic carbocycles. The molecule has 1 saturated carbocycles. The van der Waals surface area contributed by atoms with Crippen LogP contribution in [0.1, 0.15) is 23.3 Å². The number of hydrogen-bond acceptors (Lipinski definition) is 5. The van der Waals surface area contributed by atoms with Gasteiger partial charge in [0.15, 0.2) is 11.5 Å². The summed E-state index contributed by atoms with van der Waals surface area (Å²) in [6.07, 6.45) is 1.66. The third-order valence-corrected chi connectivity index (χ3v) is 6.97. The first-order valence-electron chi connectivity index (χ1n) is 11.2. The molecule has 1 fully saturated rings. The van der Waals surface area contributed by atoms with Crippen LogP contribution in [0.3, 0.4) is 0 Å². The number of rotatable bonds is 8. The van der Waals surface area contributed by atoms with Gasteiger partial charge in [0.05, 0.1) is 11.6 Å². The van der Waals surface area contributed by atoms with Gasteiger partial charge in [-0.3, -0.25) is 4.79 Å². The predicted molar refractivity (Wildman–Crippen MR) is 131 cm³/mol. The van der Waals surface area contributed by atoms with Crippen LogP contribution in [0.15, 0.2) is 53.9 Å². The Labute approximate surface area is 211 Å². The summed E-state index contributed by atoms with van der Waals surface area (Å²) >= 11 is 7.41. The van der Waals surface area contributed by atoms with E-state index in [2.05, 4.69) is 5.32 Å². The summed E-state index contributed by atoms with van der Waals surface area (Å²) in [5.41, 5.74) is 1.28. The van der Waals surface area contributed by atoms with Gasteiger partial charge in [0.25, 0.3) is 0 Å². The number of nitrogens with zero attached hydrogens (tertiary/aromatic N) is 2. The van der Waals surface area contributed by atoms with Crippen molar-refractivity contribution in [2.75, 3.05) is 18.7 Å². The van der Waals surface area contributed by atoms with Crippen LogP contribution in [-0.4, -0.2) is 41.1 Å². The van der Waals surface area contributed by atoms with Crippen LogP contribution in [0.4, 0.5) is 14.9 Å². The molecule has 1 aliphatic heterocycles. The second kappa shape index (κ2) is 10.1. The van der Waals surface area contributed by atoms with Gasteiger partial charge in [0.1, 0.15) is 12.4 Å². The number of halogens is 2. The van der Waals surface area contributed by atoms with E-state index in [-0.39, 0.29) is 30.3 Å². The monoisotopic (exact) mass is 515 g/mol. The highest BCUT2D eigenvalue weighted by atomic mass is 35.5. The van der Waals surface area contributed by atoms with Crippen molar-refractivity contribution in [3.8, 4) is 11.5 Å². The molecule has 2 aliphatic rings. The van der Waals surface area contributed by atoms with Crippen molar-refractivity contribution in [1.29, 1.82) is 0 Å². The molecule has 0 saturated heterocycles. The third kappa shape index (κ3) is 5.68. The van der Waals surface area contributed by atoms with Crippen LogP contribution in [-0.2, 0) is 17.9 Å². The van der Waals surface area contributed by atoms with Crippen molar-refractivity contribution in [2.45, 2.75) is 32.0 Å². The number of thiophene rings is 1. The summed E-state index contributed by atoms with van der Waals surface area (Å²) in [6, 6.07) is 13.1. The number of anilines is 1. The zero-order valence-corrected chi connectivity index (χ0v) is 20.3. The Morgan fingerprint density at radius 2 is 1.91 bits per heavy atom. The van der Waals surface area contributed by atoms with E-state index >= 15 is 0 Å². The maximum Gasteiger partial charge on any atom is 0.322 e. The minimum atomic E-state index is -0.563. The Morgan fingerprint density at radius 3 is 2.66 bits per heavy atom. The first kappa shape index (κ1) is 23.4. The number of carbonyl (C=O) groups is 2. The first-order valence-corrected chi connectivity index (χ1v) is 12.4. The molecule has 35 heavy (non-hydrogen) atoms. The molecule has 10 heteroatoms. The standard InChI is InChI=1S/C25H23ClFN3O4S/c26-20-11-17(4-7-21(20)27)28-25(32)30(18-5-6-18)14-24(31)29(13-19-2-1-9-35-19)12-16-3-8-22-23(10-16)34-15-33-22/h1-4,7-11,18H,5-6,12-15H2,(H,28,32). The van der Waals surface area contributed by atoms with Gasteiger partial charge < -0.3 is 24.6 Å². The van der Waals surface area contributed by atoms with Crippen LogP contribution >= 0.6 is 22.9 Å². The van der Waals surface area contributed by atoms with Crippen molar-refractivity contribution < 1.29 is 23.5 Å². The molecule has 1 aromatic heterocycles. The fourth-order valence-corrected chi connectivity index (χ4v) is 4.75. The van der Waals surface area contributed by atoms with Gasteiger partial charge in [0.2, 0.25) is 12.7 Å². The van der Waals surface area contributed by atoms with Gasteiger partial charge in [-0.25, -0.2) is 9.18 Å². The Morgan fingerprint density at radius 1 is 1.09 bits per heavy atom. The van der Waals surface area contributed by atoms with Crippen molar-refractivity contribution in [3.63, 3.8) is 0 Å². The number of amides is 3. The van der Waals surface area contributed by atoms with Gasteiger partial charge in [-0.2, -0.15) is 0 Å². The normalized spacial score (nSPS) is 14.0. The van der Waals surface area contributed by atoms with E-state index < -0.39 is 11.8 Å². The van der Waals surface area contributed by atoms with E-state index in [4.69, 9.17) is 21.1 Å². The van der Waals surface area contributed by atoms with Gasteiger partial charge >= 0.3 is 6.03 Å². The van der Waals surface area contributed by atoms with Crippen molar-refractivity contribution in [2.24, 2.45) is 0 Å². The molecule has 0 bridgehead atoms. The van der Waals surface area contributed by atoms with Gasteiger partial charge in [0, 0.05) is 23.2 Å². The summed E-state index contributed by atoms with van der Waals surface area (Å²) in [4.78, 5) is 30.8. The molecule has 0 radical (unpaired) electrons. The molecule has 2 heterocycles. The number of carbonyl (C=O) groups excluding carboxylic acids is 2. The summed E-state index contributed by atoms with van der Waals surface area (Å²) < 4.78 is 24.3. The SMILES string of the molecule is O=C(CN(C(=O)Nc1ccc(F)c(Cl)c1)C1CC1)N(Cc1ccc2c(c1)OCO2)Cc1cccs1. The maximum absolute atomic E-state index is 13.5. The molecule has 0 unspecified atom stereocenters. The van der Waals surface area contributed by atoms with Crippen LogP contribution < -0.4 is 14.8 Å². The smallest absolute Gasteiger partial charge is 0.322 e. The van der Waals surface area contributed by atoms with Crippen LogP contribution in [0.25, 0.3) is 0 Å². The Bertz CT molecular complexity index is 1240. The molecular weight excluding hydrogens is 493 g/mol. The minimum Gasteiger partial charge on any atom is -0.454 e. The lowest BCUT2D eigenvalue weighted by Gasteiger charge is -2.28. The summed E-state index contributed by atoms with van der Waals surface area (Å²) in [6.45, 7) is 0.905. The average molecular weight is 516 g/mol. The van der Waals surface area contributed by atoms with Crippen molar-refractivity contribution in [1.82, 2.24) is 9.80 Å². The Balaban J connectivity index is 1.31. The largest absolute Gasteiger partial charge is 0.454 e. The highest BCUT2D eigenvalue weighted by molar-refractivity contribution is 7.09. The van der Waals surface area contributed by atoms with E-state index in [0.717, 1.165) is 23.3 Å². The topological polar surface area (TPSA) is 71.1 Å². The number of hydrogen-bond donors (Lipinski definition) is 1. The lowest BCUT2D eigenvalue weighted by Crippen LogP contribution is -2.45. The molecular formula is C25H23ClFN3O4S. The molecule has 182 valence electrons. The highest BCUT2D eigenvalue weighted by Crippen LogP contribution is 2.33. The molecule has 2 aromatic carbocycles. The molecule has 0 spiro atoms. The number of ether oxygens (including phenoxy) is 2. The molecule has 7 nitrogen and oxygen atoms in total. The van der Waals surface area contributed by atoms with Gasteiger partial charge in [-0.1, -0.05) is 23.7 Å². The van der Waals surface area contributed by atoms with E-state index in [1.165, 1.54) is 18.2 Å². The van der Waals surface area contributed by atoms with Crippen LogP contribution in [0.5, 0.6) is 11.5 Å². The van der Waals surface area contributed by atoms with Crippen LogP contribution in [0.2, 0.25) is 5.02 Å². The Hall–Kier alpha value is -3.30.